The van der Waals surface area contributed by atoms with Crippen LogP contribution >= 0.6 is 11.6 Å². The molecule has 0 aliphatic heterocycles. The van der Waals surface area contributed by atoms with Crippen molar-refractivity contribution in [2.45, 2.75) is 19.5 Å². The van der Waals surface area contributed by atoms with Crippen molar-refractivity contribution >= 4 is 11.6 Å². The molecule has 0 radical (unpaired) electrons. The molecule has 0 aromatic carbocycles. The van der Waals surface area contributed by atoms with Crippen LogP contribution in [0.5, 0.6) is 0 Å². The second kappa shape index (κ2) is 4.18. The fourth-order valence-corrected chi connectivity index (χ4v) is 1.36. The van der Waals surface area contributed by atoms with Gasteiger partial charge in [-0.25, -0.2) is 9.97 Å². The van der Waals surface area contributed by atoms with Crippen LogP contribution in [0.3, 0.4) is 0 Å². The third-order valence-electron chi connectivity index (χ3n) is 1.77. The molecule has 0 saturated heterocycles. The predicted octanol–water partition coefficient (Wildman–Crippen LogP) is 3.19. The number of hydrogen-bond acceptors (Lipinski definition) is 2. The fraction of sp³-hybridized carbons (Fsp3) is 0.333. The van der Waals surface area contributed by atoms with Crippen molar-refractivity contribution < 1.29 is 13.2 Å². The van der Waals surface area contributed by atoms with Crippen LogP contribution < -0.4 is 0 Å². The van der Waals surface area contributed by atoms with E-state index in [1.807, 2.05) is 0 Å². The quantitative estimate of drug-likeness (QED) is 0.582. The molecule has 1 aromatic heterocycles. The molecule has 82 valence electrons. The Labute approximate surface area is 89.8 Å². The second-order valence-corrected chi connectivity index (χ2v) is 3.25. The number of nitrogens with zero attached hydrogens (tertiary/aromatic N) is 2. The number of hydrogen-bond donors (Lipinski definition) is 0. The lowest BCUT2D eigenvalue weighted by Gasteiger charge is -2.09. The van der Waals surface area contributed by atoms with Gasteiger partial charge in [-0.15, -0.1) is 6.58 Å². The highest BCUT2D eigenvalue weighted by Crippen LogP contribution is 2.28. The minimum absolute atomic E-state index is 0.172. The number of allylic oxidation sites excluding steroid dienone is 1. The van der Waals surface area contributed by atoms with Gasteiger partial charge in [-0.1, -0.05) is 17.7 Å². The molecule has 2 nitrogen and oxygen atoms in total. The smallest absolute Gasteiger partial charge is 0.229 e. The molecule has 1 aromatic rings. The number of alkyl halides is 3. The lowest BCUT2D eigenvalue weighted by atomic mass is 10.2. The Morgan fingerprint density at radius 3 is 2.40 bits per heavy atom. The zero-order valence-electron chi connectivity index (χ0n) is 7.90. The van der Waals surface area contributed by atoms with E-state index in [2.05, 4.69) is 16.5 Å². The van der Waals surface area contributed by atoms with Gasteiger partial charge in [-0.3, -0.25) is 0 Å². The van der Waals surface area contributed by atoms with E-state index < -0.39 is 12.0 Å². The molecule has 0 atom stereocenters. The van der Waals surface area contributed by atoms with Crippen LogP contribution in [0.1, 0.15) is 17.1 Å². The SMILES string of the molecule is C=CCc1c(C)nc(C(F)(F)F)nc1Cl. The largest absolute Gasteiger partial charge is 0.451 e. The fourth-order valence-electron chi connectivity index (χ4n) is 1.06. The highest BCUT2D eigenvalue weighted by Gasteiger charge is 2.35. The second-order valence-electron chi connectivity index (χ2n) is 2.89. The normalized spacial score (nSPS) is 11.5. The predicted molar refractivity (Wildman–Crippen MR) is 50.7 cm³/mol. The Hall–Kier alpha value is -1.10. The van der Waals surface area contributed by atoms with E-state index in [1.165, 1.54) is 13.0 Å². The van der Waals surface area contributed by atoms with E-state index in [0.717, 1.165) is 0 Å². The molecule has 0 aliphatic carbocycles. The van der Waals surface area contributed by atoms with Crippen molar-refractivity contribution in [3.05, 3.63) is 34.9 Å². The van der Waals surface area contributed by atoms with Gasteiger partial charge in [0.2, 0.25) is 5.82 Å². The Morgan fingerprint density at radius 2 is 2.00 bits per heavy atom. The van der Waals surface area contributed by atoms with E-state index in [0.29, 0.717) is 12.0 Å². The molecule has 1 heterocycles. The van der Waals surface area contributed by atoms with Crippen molar-refractivity contribution in [3.63, 3.8) is 0 Å². The first-order valence-electron chi connectivity index (χ1n) is 4.07. The zero-order valence-corrected chi connectivity index (χ0v) is 8.65. The summed E-state index contributed by atoms with van der Waals surface area (Å²) in [4.78, 5) is 6.56. The maximum Gasteiger partial charge on any atom is 0.451 e. The van der Waals surface area contributed by atoms with Crippen LogP contribution in [-0.2, 0) is 12.6 Å². The molecule has 6 heteroatoms. The van der Waals surface area contributed by atoms with E-state index in [9.17, 15) is 13.2 Å². The summed E-state index contributed by atoms with van der Waals surface area (Å²) in [7, 11) is 0. The maximum absolute atomic E-state index is 12.3. The lowest BCUT2D eigenvalue weighted by molar-refractivity contribution is -0.145. The minimum Gasteiger partial charge on any atom is -0.229 e. The van der Waals surface area contributed by atoms with Gasteiger partial charge >= 0.3 is 6.18 Å². The van der Waals surface area contributed by atoms with Crippen LogP contribution in [-0.4, -0.2) is 9.97 Å². The van der Waals surface area contributed by atoms with E-state index in [1.54, 1.807) is 0 Å². The molecule has 0 saturated carbocycles. The molecule has 0 amide bonds. The van der Waals surface area contributed by atoms with Gasteiger partial charge in [0.25, 0.3) is 0 Å². The standard InChI is InChI=1S/C9H8ClF3N2/c1-3-4-6-5(2)14-8(9(11,12)13)15-7(6)10/h3H,1,4H2,2H3. The number of rotatable bonds is 2. The van der Waals surface area contributed by atoms with Crippen LogP contribution in [0, 0.1) is 6.92 Å². The van der Waals surface area contributed by atoms with Crippen molar-refractivity contribution in [2.24, 2.45) is 0 Å². The summed E-state index contributed by atoms with van der Waals surface area (Å²) in [6, 6.07) is 0. The summed E-state index contributed by atoms with van der Waals surface area (Å²) < 4.78 is 36.8. The van der Waals surface area contributed by atoms with Gasteiger partial charge in [0.1, 0.15) is 5.15 Å². The van der Waals surface area contributed by atoms with Crippen molar-refractivity contribution in [1.82, 2.24) is 9.97 Å². The Bertz CT molecular complexity index is 364. The number of halogens is 4. The summed E-state index contributed by atoms with van der Waals surface area (Å²) >= 11 is 5.62. The summed E-state index contributed by atoms with van der Waals surface area (Å²) in [5, 5.41) is -0.172. The molecule has 0 spiro atoms. The summed E-state index contributed by atoms with van der Waals surface area (Å²) in [5.74, 6) is -1.21. The molecular weight excluding hydrogens is 229 g/mol. The van der Waals surface area contributed by atoms with Gasteiger partial charge in [-0.2, -0.15) is 13.2 Å². The first kappa shape index (κ1) is 12.0. The topological polar surface area (TPSA) is 25.8 Å². The van der Waals surface area contributed by atoms with E-state index in [4.69, 9.17) is 11.6 Å². The molecule has 15 heavy (non-hydrogen) atoms. The average Bonchev–Trinajstić information content (AvgIpc) is 2.09. The summed E-state index contributed by atoms with van der Waals surface area (Å²) in [6.07, 6.45) is -2.69. The van der Waals surface area contributed by atoms with Crippen LogP contribution in [0.15, 0.2) is 12.7 Å². The van der Waals surface area contributed by atoms with Crippen molar-refractivity contribution in [3.8, 4) is 0 Å². The number of aromatic nitrogens is 2. The third kappa shape index (κ3) is 2.68. The van der Waals surface area contributed by atoms with Crippen LogP contribution in [0.4, 0.5) is 13.2 Å². The van der Waals surface area contributed by atoms with E-state index >= 15 is 0 Å². The first-order chi connectivity index (χ1) is 6.86. The maximum atomic E-state index is 12.3. The zero-order chi connectivity index (χ0) is 11.6. The minimum atomic E-state index is -4.57. The number of aryl methyl sites for hydroxylation is 1. The molecule has 0 N–H and O–H groups in total. The molecule has 0 fully saturated rings. The monoisotopic (exact) mass is 236 g/mol. The molecular formula is C9H8ClF3N2. The highest BCUT2D eigenvalue weighted by atomic mass is 35.5. The van der Waals surface area contributed by atoms with Crippen LogP contribution in [0.2, 0.25) is 5.15 Å². The van der Waals surface area contributed by atoms with E-state index in [-0.39, 0.29) is 10.8 Å². The lowest BCUT2D eigenvalue weighted by Crippen LogP contribution is -2.13. The Morgan fingerprint density at radius 1 is 1.40 bits per heavy atom. The summed E-state index contributed by atoms with van der Waals surface area (Å²) in [6.45, 7) is 4.93. The van der Waals surface area contributed by atoms with Gasteiger partial charge < -0.3 is 0 Å². The molecule has 1 rings (SSSR count). The van der Waals surface area contributed by atoms with Gasteiger partial charge in [0.15, 0.2) is 0 Å². The van der Waals surface area contributed by atoms with Crippen molar-refractivity contribution in [2.75, 3.05) is 0 Å². The molecule has 0 aliphatic rings. The average molecular weight is 237 g/mol. The third-order valence-corrected chi connectivity index (χ3v) is 2.08. The first-order valence-corrected chi connectivity index (χ1v) is 4.45. The Balaban J connectivity index is 3.25. The molecule has 0 bridgehead atoms. The van der Waals surface area contributed by atoms with Crippen molar-refractivity contribution in [1.29, 1.82) is 0 Å². The van der Waals surface area contributed by atoms with Gasteiger partial charge in [-0.05, 0) is 13.3 Å². The summed E-state index contributed by atoms with van der Waals surface area (Å²) in [5.41, 5.74) is 0.696. The Kier molecular flexibility index (Phi) is 3.34. The van der Waals surface area contributed by atoms with Crippen LogP contribution in [0.25, 0.3) is 0 Å². The van der Waals surface area contributed by atoms with Gasteiger partial charge in [0, 0.05) is 11.3 Å². The highest BCUT2D eigenvalue weighted by molar-refractivity contribution is 6.30. The van der Waals surface area contributed by atoms with Gasteiger partial charge in [0.05, 0.1) is 0 Å². The molecule has 0 unspecified atom stereocenters.